The predicted octanol–water partition coefficient (Wildman–Crippen LogP) is 13.2. The Hall–Kier alpha value is -4.64. The SMILES string of the molecule is CC1(C)c2ccccc2-c2cc(N(c3ccc(C4=CCCC=C4)cc3)c3ccc(N4C5c6ccccc6SC5C5SC6=CC=CCC6C54)cc3)ccc21. The van der Waals surface area contributed by atoms with Gasteiger partial charge in [0.1, 0.15) is 0 Å². The lowest BCUT2D eigenvalue weighted by molar-refractivity contribution is 0.507. The number of hydrogen-bond donors (Lipinski definition) is 0. The van der Waals surface area contributed by atoms with E-state index >= 15 is 0 Å². The molecule has 0 bridgehead atoms. The smallest absolute Gasteiger partial charge is 0.0691 e. The van der Waals surface area contributed by atoms with E-state index in [-0.39, 0.29) is 5.41 Å². The molecule has 3 heterocycles. The summed E-state index contributed by atoms with van der Waals surface area (Å²) >= 11 is 4.28. The molecule has 2 fully saturated rings. The fraction of sp³-hybridized carbons (Fsp3) is 0.224. The predicted molar refractivity (Wildman–Crippen MR) is 227 cm³/mol. The van der Waals surface area contributed by atoms with Gasteiger partial charge in [-0.15, -0.1) is 23.5 Å². The average molecular weight is 723 g/mol. The largest absolute Gasteiger partial charge is 0.358 e. The summed E-state index contributed by atoms with van der Waals surface area (Å²) in [5.41, 5.74) is 14.5. The summed E-state index contributed by atoms with van der Waals surface area (Å²) in [6.45, 7) is 4.72. The minimum atomic E-state index is -0.0237. The summed E-state index contributed by atoms with van der Waals surface area (Å²) in [5.74, 6) is 0.565. The highest BCUT2D eigenvalue weighted by atomic mass is 32.2. The van der Waals surface area contributed by atoms with Crippen LogP contribution in [-0.2, 0) is 5.41 Å². The summed E-state index contributed by atoms with van der Waals surface area (Å²) < 4.78 is 0. The number of thioether (sulfide) groups is 2. The second kappa shape index (κ2) is 12.2. The first-order chi connectivity index (χ1) is 26.0. The Morgan fingerprint density at radius 2 is 1.45 bits per heavy atom. The maximum Gasteiger partial charge on any atom is 0.0691 e. The van der Waals surface area contributed by atoms with Gasteiger partial charge >= 0.3 is 0 Å². The van der Waals surface area contributed by atoms with Gasteiger partial charge in [0.2, 0.25) is 0 Å². The molecule has 0 saturated carbocycles. The van der Waals surface area contributed by atoms with Crippen LogP contribution in [0.1, 0.15) is 61.4 Å². The van der Waals surface area contributed by atoms with Crippen LogP contribution in [0.3, 0.4) is 0 Å². The second-order valence-electron chi connectivity index (χ2n) is 15.8. The number of anilines is 4. The van der Waals surface area contributed by atoms with E-state index < -0.39 is 0 Å². The van der Waals surface area contributed by atoms with Crippen LogP contribution < -0.4 is 9.80 Å². The fourth-order valence-electron chi connectivity index (χ4n) is 10.1. The Labute approximate surface area is 322 Å². The van der Waals surface area contributed by atoms with Gasteiger partial charge in [0.05, 0.1) is 12.1 Å². The summed E-state index contributed by atoms with van der Waals surface area (Å²) in [4.78, 5) is 8.32. The van der Waals surface area contributed by atoms with Crippen molar-refractivity contribution in [2.75, 3.05) is 9.80 Å². The normalized spacial score (nSPS) is 25.2. The van der Waals surface area contributed by atoms with Gasteiger partial charge in [-0.05, 0) is 118 Å². The lowest BCUT2D eigenvalue weighted by Crippen LogP contribution is -2.38. The highest BCUT2D eigenvalue weighted by Gasteiger charge is 2.59. The summed E-state index contributed by atoms with van der Waals surface area (Å²) in [6, 6.07) is 44.9. The molecule has 5 unspecified atom stereocenters. The van der Waals surface area contributed by atoms with Crippen LogP contribution in [-0.4, -0.2) is 16.5 Å². The first-order valence-corrected chi connectivity index (χ1v) is 21.0. The molecule has 4 heteroatoms. The third-order valence-electron chi connectivity index (χ3n) is 12.6. The molecule has 6 aliphatic rings. The third kappa shape index (κ3) is 4.88. The molecular formula is C49H42N2S2. The molecule has 11 rings (SSSR count). The van der Waals surface area contributed by atoms with Gasteiger partial charge < -0.3 is 9.80 Å². The maximum absolute atomic E-state index is 2.83. The van der Waals surface area contributed by atoms with Crippen LogP contribution in [0, 0.1) is 5.92 Å². The van der Waals surface area contributed by atoms with E-state index in [0.29, 0.717) is 28.5 Å². The second-order valence-corrected chi connectivity index (χ2v) is 18.3. The highest BCUT2D eigenvalue weighted by molar-refractivity contribution is 8.06. The Balaban J connectivity index is 1.01. The van der Waals surface area contributed by atoms with Crippen LogP contribution in [0.2, 0.25) is 0 Å². The third-order valence-corrected chi connectivity index (χ3v) is 15.8. The summed E-state index contributed by atoms with van der Waals surface area (Å²) in [6.07, 6.45) is 17.3. The molecule has 3 aliphatic carbocycles. The van der Waals surface area contributed by atoms with Gasteiger partial charge in [0.15, 0.2) is 0 Å². The molecular weight excluding hydrogens is 681 g/mol. The standard InChI is InChI=1S/C49H42N2S2/c1-49(2)41-17-9-6-14-37(41)40-30-36(28-29-42(40)49)50(33-22-20-32(21-23-33)31-12-4-3-5-13-31)34-24-26-35(27-25-34)51-45-38-15-7-10-18-43(38)52-47(45)48-46(51)39-16-8-11-19-44(39)53-48/h4,6-15,17-30,39,45-48H,3,5,16H2,1-2H3. The molecule has 5 atom stereocenters. The fourth-order valence-corrected chi connectivity index (χ4v) is 13.6. The minimum absolute atomic E-state index is 0.0237. The summed E-state index contributed by atoms with van der Waals surface area (Å²) in [5, 5.41) is 1.13. The van der Waals surface area contributed by atoms with Gasteiger partial charge in [-0.3, -0.25) is 0 Å². The average Bonchev–Trinajstić information content (AvgIpc) is 3.92. The van der Waals surface area contributed by atoms with Crippen molar-refractivity contribution < 1.29 is 0 Å². The monoisotopic (exact) mass is 722 g/mol. The Morgan fingerprint density at radius 3 is 2.28 bits per heavy atom. The molecule has 0 N–H and O–H groups in total. The Morgan fingerprint density at radius 1 is 0.698 bits per heavy atom. The van der Waals surface area contributed by atoms with Gasteiger partial charge in [0.25, 0.3) is 0 Å². The molecule has 5 aromatic rings. The maximum atomic E-state index is 2.83. The van der Waals surface area contributed by atoms with Crippen LogP contribution in [0.25, 0.3) is 16.7 Å². The quantitative estimate of drug-likeness (QED) is 0.178. The number of fused-ring (bicyclic) bond motifs is 10. The van der Waals surface area contributed by atoms with Crippen LogP contribution in [0.5, 0.6) is 0 Å². The van der Waals surface area contributed by atoms with Crippen molar-refractivity contribution in [1.29, 1.82) is 0 Å². The van der Waals surface area contributed by atoms with Gasteiger partial charge in [0, 0.05) is 49.5 Å². The lowest BCUT2D eigenvalue weighted by Gasteiger charge is -2.36. The lowest BCUT2D eigenvalue weighted by atomic mass is 9.82. The van der Waals surface area contributed by atoms with Crippen LogP contribution in [0.15, 0.2) is 162 Å². The van der Waals surface area contributed by atoms with E-state index in [2.05, 4.69) is 199 Å². The minimum Gasteiger partial charge on any atom is -0.358 e. The number of rotatable bonds is 5. The van der Waals surface area contributed by atoms with Crippen molar-refractivity contribution in [3.8, 4) is 11.1 Å². The number of nitrogens with zero attached hydrogens (tertiary/aromatic N) is 2. The van der Waals surface area contributed by atoms with E-state index in [1.165, 1.54) is 66.6 Å². The van der Waals surface area contributed by atoms with Crippen LogP contribution in [0.4, 0.5) is 22.7 Å². The first-order valence-electron chi connectivity index (χ1n) is 19.2. The van der Waals surface area contributed by atoms with Crippen molar-refractivity contribution >= 4 is 51.8 Å². The number of benzene rings is 5. The van der Waals surface area contributed by atoms with Crippen molar-refractivity contribution in [3.63, 3.8) is 0 Å². The van der Waals surface area contributed by atoms with Gasteiger partial charge in [-0.1, -0.05) is 111 Å². The zero-order chi connectivity index (χ0) is 35.3. The van der Waals surface area contributed by atoms with E-state index in [4.69, 9.17) is 0 Å². The summed E-state index contributed by atoms with van der Waals surface area (Å²) in [7, 11) is 0. The molecule has 0 spiro atoms. The molecule has 0 aromatic heterocycles. The van der Waals surface area contributed by atoms with E-state index in [9.17, 15) is 0 Å². The zero-order valence-electron chi connectivity index (χ0n) is 30.2. The Kier molecular flexibility index (Phi) is 7.33. The van der Waals surface area contributed by atoms with Crippen LogP contribution >= 0.6 is 23.5 Å². The van der Waals surface area contributed by atoms with E-state index in [1.807, 2.05) is 0 Å². The Bertz CT molecular complexity index is 2400. The molecule has 0 radical (unpaired) electrons. The van der Waals surface area contributed by atoms with E-state index in [1.54, 1.807) is 4.91 Å². The van der Waals surface area contributed by atoms with Crippen molar-refractivity contribution in [2.45, 2.75) is 66.0 Å². The number of allylic oxidation sites excluding steroid dienone is 7. The van der Waals surface area contributed by atoms with Gasteiger partial charge in [-0.25, -0.2) is 0 Å². The molecule has 5 aromatic carbocycles. The molecule has 260 valence electrons. The molecule has 3 aliphatic heterocycles. The van der Waals surface area contributed by atoms with Crippen molar-refractivity contribution in [3.05, 3.63) is 179 Å². The first kappa shape index (κ1) is 31.8. The van der Waals surface area contributed by atoms with Crippen molar-refractivity contribution in [1.82, 2.24) is 0 Å². The topological polar surface area (TPSA) is 6.48 Å². The van der Waals surface area contributed by atoms with Gasteiger partial charge in [-0.2, -0.15) is 0 Å². The van der Waals surface area contributed by atoms with E-state index in [0.717, 1.165) is 19.3 Å². The molecule has 0 amide bonds. The highest BCUT2D eigenvalue weighted by Crippen LogP contribution is 2.64. The molecule has 2 saturated heterocycles. The zero-order valence-corrected chi connectivity index (χ0v) is 31.8. The number of hydrogen-bond acceptors (Lipinski definition) is 4. The molecule has 2 nitrogen and oxygen atoms in total. The van der Waals surface area contributed by atoms with Crippen molar-refractivity contribution in [2.24, 2.45) is 5.92 Å². The molecule has 53 heavy (non-hydrogen) atoms.